The fourth-order valence-electron chi connectivity index (χ4n) is 2.87. The van der Waals surface area contributed by atoms with Gasteiger partial charge in [0.25, 0.3) is 5.91 Å². The molecule has 1 aromatic heterocycles. The zero-order chi connectivity index (χ0) is 21.6. The van der Waals surface area contributed by atoms with Crippen molar-refractivity contribution in [3.05, 3.63) is 70.2 Å². The Bertz CT molecular complexity index is 957. The number of aryl methyl sites for hydroxylation is 1. The number of anilines is 1. The van der Waals surface area contributed by atoms with Crippen LogP contribution in [0.5, 0.6) is 5.75 Å². The van der Waals surface area contributed by atoms with Gasteiger partial charge in [-0.1, -0.05) is 69.7 Å². The van der Waals surface area contributed by atoms with Crippen molar-refractivity contribution in [2.24, 2.45) is 0 Å². The molecule has 0 saturated carbocycles. The number of unbranched alkanes of at least 4 members (excludes halogenated alkanes) is 1. The van der Waals surface area contributed by atoms with Crippen LogP contribution in [0.2, 0.25) is 0 Å². The molecule has 3 rings (SSSR count). The van der Waals surface area contributed by atoms with Crippen molar-refractivity contribution < 1.29 is 9.53 Å². The third-order valence-electron chi connectivity index (χ3n) is 4.77. The van der Waals surface area contributed by atoms with E-state index in [1.54, 1.807) is 12.1 Å². The van der Waals surface area contributed by atoms with Gasteiger partial charge in [-0.2, -0.15) is 0 Å². The van der Waals surface area contributed by atoms with Crippen molar-refractivity contribution in [3.8, 4) is 5.75 Å². The molecule has 0 bridgehead atoms. The van der Waals surface area contributed by atoms with E-state index in [0.29, 0.717) is 17.3 Å². The van der Waals surface area contributed by atoms with E-state index in [-0.39, 0.29) is 11.3 Å². The van der Waals surface area contributed by atoms with Gasteiger partial charge in [0.05, 0.1) is 0 Å². The quantitative estimate of drug-likeness (QED) is 0.482. The average molecular weight is 424 g/mol. The molecule has 5 nitrogen and oxygen atoms in total. The molecular formula is C24H29N3O2S. The number of hydrogen-bond acceptors (Lipinski definition) is 5. The average Bonchev–Trinajstić information content (AvgIpc) is 3.18. The lowest BCUT2D eigenvalue weighted by molar-refractivity contribution is 0.102. The Morgan fingerprint density at radius 1 is 1.03 bits per heavy atom. The minimum absolute atomic E-state index is 0.126. The first-order valence-corrected chi connectivity index (χ1v) is 11.1. The Kier molecular flexibility index (Phi) is 7.21. The van der Waals surface area contributed by atoms with Gasteiger partial charge in [0.2, 0.25) is 5.13 Å². The van der Waals surface area contributed by atoms with Crippen molar-refractivity contribution in [1.29, 1.82) is 0 Å². The van der Waals surface area contributed by atoms with Crippen LogP contribution in [-0.4, -0.2) is 16.1 Å². The second kappa shape index (κ2) is 9.85. The van der Waals surface area contributed by atoms with Gasteiger partial charge in [0, 0.05) is 12.0 Å². The second-order valence-corrected chi connectivity index (χ2v) is 9.38. The summed E-state index contributed by atoms with van der Waals surface area (Å²) < 4.78 is 5.87. The Hall–Kier alpha value is -2.73. The highest BCUT2D eigenvalue weighted by Crippen LogP contribution is 2.24. The molecule has 0 atom stereocenters. The van der Waals surface area contributed by atoms with Crippen molar-refractivity contribution >= 4 is 22.4 Å². The van der Waals surface area contributed by atoms with E-state index in [9.17, 15) is 4.79 Å². The Morgan fingerprint density at radius 2 is 1.73 bits per heavy atom. The highest BCUT2D eigenvalue weighted by atomic mass is 32.1. The maximum atomic E-state index is 12.4. The number of amides is 1. The first-order chi connectivity index (χ1) is 14.3. The predicted octanol–water partition coefficient (Wildman–Crippen LogP) is 6.01. The van der Waals surface area contributed by atoms with Crippen molar-refractivity contribution in [2.75, 3.05) is 5.32 Å². The van der Waals surface area contributed by atoms with Crippen LogP contribution in [0, 0.1) is 0 Å². The van der Waals surface area contributed by atoms with E-state index < -0.39 is 0 Å². The molecule has 0 aliphatic rings. The lowest BCUT2D eigenvalue weighted by atomic mass is 9.87. The zero-order valence-corrected chi connectivity index (χ0v) is 18.9. The molecule has 0 unspecified atom stereocenters. The maximum absolute atomic E-state index is 12.4. The number of ether oxygens (including phenoxy) is 1. The molecule has 1 amide bonds. The number of benzene rings is 2. The third kappa shape index (κ3) is 6.13. The fourth-order valence-corrected chi connectivity index (χ4v) is 3.65. The molecule has 1 N–H and O–H groups in total. The molecule has 6 heteroatoms. The van der Waals surface area contributed by atoms with Crippen LogP contribution in [0.25, 0.3) is 0 Å². The van der Waals surface area contributed by atoms with Crippen molar-refractivity contribution in [2.45, 2.75) is 59.0 Å². The predicted molar refractivity (Wildman–Crippen MR) is 122 cm³/mol. The van der Waals surface area contributed by atoms with Crippen LogP contribution in [0.4, 0.5) is 5.13 Å². The topological polar surface area (TPSA) is 64.1 Å². The molecule has 0 aliphatic heterocycles. The van der Waals surface area contributed by atoms with Gasteiger partial charge in [-0.05, 0) is 47.2 Å². The maximum Gasteiger partial charge on any atom is 0.257 e. The van der Waals surface area contributed by atoms with Crippen LogP contribution in [0.15, 0.2) is 48.5 Å². The number of nitrogens with zero attached hydrogens (tertiary/aromatic N) is 2. The van der Waals surface area contributed by atoms with Gasteiger partial charge in [-0.25, -0.2) is 0 Å². The van der Waals surface area contributed by atoms with E-state index in [0.717, 1.165) is 35.6 Å². The minimum Gasteiger partial charge on any atom is -0.489 e. The number of nitrogens with one attached hydrogen (secondary N) is 1. The summed E-state index contributed by atoms with van der Waals surface area (Å²) in [4.78, 5) is 12.4. The van der Waals surface area contributed by atoms with Gasteiger partial charge in [-0.15, -0.1) is 10.2 Å². The second-order valence-electron chi connectivity index (χ2n) is 8.32. The number of aromatic nitrogens is 2. The molecule has 2 aromatic carbocycles. The SMILES string of the molecule is CCCCc1nnc(NC(=O)c2ccc(COc3ccc(C(C)(C)C)cc3)cc2)s1. The van der Waals surface area contributed by atoms with E-state index in [1.807, 2.05) is 24.3 Å². The number of rotatable bonds is 8. The summed E-state index contributed by atoms with van der Waals surface area (Å²) in [6.07, 6.45) is 3.09. The normalized spacial score (nSPS) is 11.3. The Balaban J connectivity index is 1.53. The summed E-state index contributed by atoms with van der Waals surface area (Å²) in [6, 6.07) is 15.6. The smallest absolute Gasteiger partial charge is 0.257 e. The molecule has 0 fully saturated rings. The van der Waals surface area contributed by atoms with Crippen LogP contribution in [0.1, 0.15) is 67.0 Å². The molecule has 0 radical (unpaired) electrons. The lowest BCUT2D eigenvalue weighted by Crippen LogP contribution is -2.11. The van der Waals surface area contributed by atoms with Gasteiger partial charge < -0.3 is 4.74 Å². The third-order valence-corrected chi connectivity index (χ3v) is 5.67. The van der Waals surface area contributed by atoms with Gasteiger partial charge in [-0.3, -0.25) is 10.1 Å². The number of carbonyl (C=O) groups excluding carboxylic acids is 1. The van der Waals surface area contributed by atoms with Crippen LogP contribution in [-0.2, 0) is 18.4 Å². The highest BCUT2D eigenvalue weighted by Gasteiger charge is 2.13. The number of carbonyl (C=O) groups is 1. The monoisotopic (exact) mass is 423 g/mol. The molecule has 30 heavy (non-hydrogen) atoms. The zero-order valence-electron chi connectivity index (χ0n) is 18.1. The molecular weight excluding hydrogens is 394 g/mol. The summed E-state index contributed by atoms with van der Waals surface area (Å²) in [6.45, 7) is 9.17. The van der Waals surface area contributed by atoms with E-state index in [4.69, 9.17) is 4.74 Å². The molecule has 1 heterocycles. The fraction of sp³-hybridized carbons (Fsp3) is 0.375. The van der Waals surface area contributed by atoms with E-state index in [2.05, 4.69) is 55.3 Å². The van der Waals surface area contributed by atoms with Gasteiger partial charge in [0.1, 0.15) is 17.4 Å². The summed E-state index contributed by atoms with van der Waals surface area (Å²) in [5.41, 5.74) is 2.99. The molecule has 0 saturated heterocycles. The van der Waals surface area contributed by atoms with Crippen LogP contribution in [0.3, 0.4) is 0 Å². The summed E-state index contributed by atoms with van der Waals surface area (Å²) in [5, 5.41) is 12.5. The highest BCUT2D eigenvalue weighted by molar-refractivity contribution is 7.15. The van der Waals surface area contributed by atoms with Crippen molar-refractivity contribution in [3.63, 3.8) is 0 Å². The largest absolute Gasteiger partial charge is 0.489 e. The Labute approximate surface area is 182 Å². The summed E-state index contributed by atoms with van der Waals surface area (Å²) in [7, 11) is 0. The Morgan fingerprint density at radius 3 is 2.37 bits per heavy atom. The summed E-state index contributed by atoms with van der Waals surface area (Å²) >= 11 is 1.43. The van der Waals surface area contributed by atoms with E-state index >= 15 is 0 Å². The standard InChI is InChI=1S/C24H29N3O2S/c1-5-6-7-21-26-27-23(30-21)25-22(28)18-10-8-17(9-11-18)16-29-20-14-12-19(13-15-20)24(2,3)4/h8-15H,5-7,16H2,1-4H3,(H,25,27,28). The molecule has 0 spiro atoms. The first kappa shape index (κ1) is 22.0. The molecule has 158 valence electrons. The van der Waals surface area contributed by atoms with E-state index in [1.165, 1.54) is 16.9 Å². The molecule has 0 aliphatic carbocycles. The lowest BCUT2D eigenvalue weighted by Gasteiger charge is -2.19. The molecule has 3 aromatic rings. The summed E-state index contributed by atoms with van der Waals surface area (Å²) in [5.74, 6) is 0.651. The van der Waals surface area contributed by atoms with Crippen LogP contribution < -0.4 is 10.1 Å². The van der Waals surface area contributed by atoms with Crippen LogP contribution >= 0.6 is 11.3 Å². The first-order valence-electron chi connectivity index (χ1n) is 10.3. The number of hydrogen-bond donors (Lipinski definition) is 1. The van der Waals surface area contributed by atoms with Gasteiger partial charge >= 0.3 is 0 Å². The van der Waals surface area contributed by atoms with Crippen molar-refractivity contribution in [1.82, 2.24) is 10.2 Å². The van der Waals surface area contributed by atoms with Gasteiger partial charge in [0.15, 0.2) is 0 Å². The minimum atomic E-state index is -0.182.